The van der Waals surface area contributed by atoms with Crippen molar-refractivity contribution in [3.63, 3.8) is 0 Å². The first-order chi connectivity index (χ1) is 11.2. The van der Waals surface area contributed by atoms with Gasteiger partial charge in [-0.2, -0.15) is 8.75 Å². The molecule has 9 heteroatoms. The lowest BCUT2D eigenvalue weighted by atomic mass is 10.2. The molecular formula is C14H14N6O2S. The van der Waals surface area contributed by atoms with Gasteiger partial charge in [0.1, 0.15) is 11.0 Å². The summed E-state index contributed by atoms with van der Waals surface area (Å²) in [4.78, 5) is 27.7. The summed E-state index contributed by atoms with van der Waals surface area (Å²) >= 11 is 1.06. The van der Waals surface area contributed by atoms with Crippen molar-refractivity contribution in [3.05, 3.63) is 36.9 Å². The summed E-state index contributed by atoms with van der Waals surface area (Å²) < 4.78 is 10.1. The zero-order valence-corrected chi connectivity index (χ0v) is 12.9. The van der Waals surface area contributed by atoms with E-state index in [1.54, 1.807) is 30.7 Å². The number of benzene rings is 1. The molecule has 0 aliphatic heterocycles. The van der Waals surface area contributed by atoms with Crippen LogP contribution < -0.4 is 10.6 Å². The molecule has 2 amide bonds. The van der Waals surface area contributed by atoms with Crippen molar-refractivity contribution in [1.29, 1.82) is 0 Å². The SMILES string of the molecule is O=C(NCCCn1ccnc1)C(=O)Nc1cccc2nsnc12. The summed E-state index contributed by atoms with van der Waals surface area (Å²) in [6.45, 7) is 1.14. The van der Waals surface area contributed by atoms with Gasteiger partial charge in [0.25, 0.3) is 0 Å². The highest BCUT2D eigenvalue weighted by atomic mass is 32.1. The van der Waals surface area contributed by atoms with Gasteiger partial charge in [-0.1, -0.05) is 6.07 Å². The van der Waals surface area contributed by atoms with Gasteiger partial charge in [-0.05, 0) is 18.6 Å². The van der Waals surface area contributed by atoms with Crippen LogP contribution in [0.25, 0.3) is 11.0 Å². The minimum absolute atomic E-state index is 0.410. The van der Waals surface area contributed by atoms with Gasteiger partial charge in [0.05, 0.1) is 23.7 Å². The lowest BCUT2D eigenvalue weighted by molar-refractivity contribution is -0.136. The average molecular weight is 330 g/mol. The molecule has 0 spiro atoms. The molecule has 2 aromatic heterocycles. The number of aryl methyl sites for hydroxylation is 1. The van der Waals surface area contributed by atoms with Crippen LogP contribution in [0.1, 0.15) is 6.42 Å². The summed E-state index contributed by atoms with van der Waals surface area (Å²) in [7, 11) is 0. The zero-order chi connectivity index (χ0) is 16.1. The van der Waals surface area contributed by atoms with Gasteiger partial charge in [-0.15, -0.1) is 0 Å². The molecular weight excluding hydrogens is 316 g/mol. The van der Waals surface area contributed by atoms with Crippen molar-refractivity contribution in [3.8, 4) is 0 Å². The van der Waals surface area contributed by atoms with Crippen LogP contribution in [-0.2, 0) is 16.1 Å². The van der Waals surface area contributed by atoms with Crippen LogP contribution in [-0.4, -0.2) is 36.7 Å². The molecule has 0 bridgehead atoms. The van der Waals surface area contributed by atoms with Crippen molar-refractivity contribution < 1.29 is 9.59 Å². The molecule has 2 heterocycles. The molecule has 2 N–H and O–H groups in total. The first kappa shape index (κ1) is 15.1. The standard InChI is InChI=1S/C14H14N6O2S/c21-13(16-5-2-7-20-8-6-15-9-20)14(22)17-10-3-1-4-11-12(10)19-23-18-11/h1,3-4,6,8-9H,2,5,7H2,(H,16,21)(H,17,22). The fourth-order valence-corrected chi connectivity index (χ4v) is 2.60. The van der Waals surface area contributed by atoms with E-state index < -0.39 is 11.8 Å². The van der Waals surface area contributed by atoms with Crippen molar-refractivity contribution in [1.82, 2.24) is 23.6 Å². The van der Waals surface area contributed by atoms with Crippen molar-refractivity contribution in [2.75, 3.05) is 11.9 Å². The molecule has 0 aliphatic rings. The number of nitrogens with one attached hydrogen (secondary N) is 2. The largest absolute Gasteiger partial charge is 0.348 e. The van der Waals surface area contributed by atoms with Gasteiger partial charge in [0.15, 0.2) is 0 Å². The topological polar surface area (TPSA) is 102 Å². The van der Waals surface area contributed by atoms with Crippen molar-refractivity contribution >= 4 is 40.3 Å². The molecule has 0 unspecified atom stereocenters. The molecule has 0 fully saturated rings. The number of imidazole rings is 1. The van der Waals surface area contributed by atoms with E-state index in [9.17, 15) is 9.59 Å². The van der Waals surface area contributed by atoms with Crippen LogP contribution in [0.5, 0.6) is 0 Å². The van der Waals surface area contributed by atoms with Gasteiger partial charge in [-0.25, -0.2) is 4.98 Å². The van der Waals surface area contributed by atoms with Gasteiger partial charge in [0.2, 0.25) is 0 Å². The van der Waals surface area contributed by atoms with Crippen LogP contribution >= 0.6 is 11.7 Å². The van der Waals surface area contributed by atoms with E-state index in [0.717, 1.165) is 18.3 Å². The molecule has 0 saturated carbocycles. The van der Waals surface area contributed by atoms with Gasteiger partial charge in [-0.3, -0.25) is 9.59 Å². The molecule has 8 nitrogen and oxygen atoms in total. The maximum absolute atomic E-state index is 11.9. The number of nitrogens with zero attached hydrogens (tertiary/aromatic N) is 4. The Hall–Kier alpha value is -2.81. The minimum Gasteiger partial charge on any atom is -0.348 e. The summed E-state index contributed by atoms with van der Waals surface area (Å²) in [5.41, 5.74) is 1.75. The predicted molar refractivity (Wildman–Crippen MR) is 85.9 cm³/mol. The minimum atomic E-state index is -0.715. The quantitative estimate of drug-likeness (QED) is 0.537. The third-order valence-electron chi connectivity index (χ3n) is 3.18. The fraction of sp³-hybridized carbons (Fsp3) is 0.214. The van der Waals surface area contributed by atoms with Crippen LogP contribution in [0.3, 0.4) is 0 Å². The molecule has 3 aromatic rings. The van der Waals surface area contributed by atoms with E-state index >= 15 is 0 Å². The average Bonchev–Trinajstić information content (AvgIpc) is 3.22. The number of rotatable bonds is 5. The Labute approximate surface area is 135 Å². The molecule has 0 aliphatic carbocycles. The number of amides is 2. The van der Waals surface area contributed by atoms with Crippen LogP contribution in [0.4, 0.5) is 5.69 Å². The monoisotopic (exact) mass is 330 g/mol. The number of hydrogen-bond acceptors (Lipinski definition) is 6. The second kappa shape index (κ2) is 6.97. The van der Waals surface area contributed by atoms with Crippen LogP contribution in [0.15, 0.2) is 36.9 Å². The van der Waals surface area contributed by atoms with E-state index in [2.05, 4.69) is 24.4 Å². The normalized spacial score (nSPS) is 10.6. The molecule has 0 radical (unpaired) electrons. The molecule has 23 heavy (non-hydrogen) atoms. The van der Waals surface area contributed by atoms with Crippen molar-refractivity contribution in [2.45, 2.75) is 13.0 Å². The van der Waals surface area contributed by atoms with Gasteiger partial charge in [0, 0.05) is 25.5 Å². The number of carbonyl (C=O) groups excluding carboxylic acids is 2. The van der Waals surface area contributed by atoms with Gasteiger partial charge < -0.3 is 15.2 Å². The highest BCUT2D eigenvalue weighted by Crippen LogP contribution is 2.20. The number of aromatic nitrogens is 4. The van der Waals surface area contributed by atoms with E-state index in [0.29, 0.717) is 29.7 Å². The molecule has 0 saturated heterocycles. The fourth-order valence-electron chi connectivity index (χ4n) is 2.05. The predicted octanol–water partition coefficient (Wildman–Crippen LogP) is 1.03. The Bertz CT molecular complexity index is 814. The highest BCUT2D eigenvalue weighted by molar-refractivity contribution is 7.00. The Morgan fingerprint density at radius 2 is 2.13 bits per heavy atom. The smallest absolute Gasteiger partial charge is 0.313 e. The number of carbonyl (C=O) groups is 2. The first-order valence-electron chi connectivity index (χ1n) is 7.00. The Balaban J connectivity index is 1.49. The zero-order valence-electron chi connectivity index (χ0n) is 12.1. The summed E-state index contributed by atoms with van der Waals surface area (Å²) in [6, 6.07) is 5.24. The Morgan fingerprint density at radius 1 is 1.22 bits per heavy atom. The second-order valence-electron chi connectivity index (χ2n) is 4.80. The molecule has 0 atom stereocenters. The molecule has 118 valence electrons. The maximum Gasteiger partial charge on any atom is 0.313 e. The summed E-state index contributed by atoms with van der Waals surface area (Å²) in [5, 5.41) is 5.15. The second-order valence-corrected chi connectivity index (χ2v) is 5.33. The van der Waals surface area contributed by atoms with E-state index in [1.165, 1.54) is 0 Å². The maximum atomic E-state index is 11.9. The lowest BCUT2D eigenvalue weighted by Gasteiger charge is -2.07. The Kier molecular flexibility index (Phi) is 4.57. The Morgan fingerprint density at radius 3 is 2.96 bits per heavy atom. The summed E-state index contributed by atoms with van der Waals surface area (Å²) in [5.74, 6) is -1.39. The number of hydrogen-bond donors (Lipinski definition) is 2. The third-order valence-corrected chi connectivity index (χ3v) is 3.72. The van der Waals surface area contributed by atoms with Crippen LogP contribution in [0.2, 0.25) is 0 Å². The van der Waals surface area contributed by atoms with E-state index in [1.807, 2.05) is 10.8 Å². The number of anilines is 1. The summed E-state index contributed by atoms with van der Waals surface area (Å²) in [6.07, 6.45) is 5.95. The number of fused-ring (bicyclic) bond motifs is 1. The van der Waals surface area contributed by atoms with Crippen LogP contribution in [0, 0.1) is 0 Å². The highest BCUT2D eigenvalue weighted by Gasteiger charge is 2.15. The lowest BCUT2D eigenvalue weighted by Crippen LogP contribution is -2.36. The van der Waals surface area contributed by atoms with Crippen molar-refractivity contribution in [2.24, 2.45) is 0 Å². The van der Waals surface area contributed by atoms with E-state index in [4.69, 9.17) is 0 Å². The third kappa shape index (κ3) is 3.69. The molecule has 3 rings (SSSR count). The van der Waals surface area contributed by atoms with E-state index in [-0.39, 0.29) is 0 Å². The first-order valence-corrected chi connectivity index (χ1v) is 7.73. The van der Waals surface area contributed by atoms with Gasteiger partial charge >= 0.3 is 11.8 Å². The molecule has 1 aromatic carbocycles.